The summed E-state index contributed by atoms with van der Waals surface area (Å²) < 4.78 is 5.34. The fourth-order valence-corrected chi connectivity index (χ4v) is 3.29. The van der Waals surface area contributed by atoms with Crippen molar-refractivity contribution in [2.45, 2.75) is 27.3 Å². The molecule has 3 aromatic heterocycles. The highest BCUT2D eigenvalue weighted by atomic mass is 16.5. The number of rotatable bonds is 4. The van der Waals surface area contributed by atoms with Crippen LogP contribution in [0.2, 0.25) is 0 Å². The van der Waals surface area contributed by atoms with Gasteiger partial charge >= 0.3 is 0 Å². The van der Waals surface area contributed by atoms with Crippen LogP contribution in [0.1, 0.15) is 32.9 Å². The quantitative estimate of drug-likeness (QED) is 0.582. The molecular weight excluding hydrogens is 352 g/mol. The number of nitrogens with zero attached hydrogens (tertiary/aromatic N) is 3. The van der Waals surface area contributed by atoms with Crippen LogP contribution in [0.5, 0.6) is 0 Å². The molecule has 0 saturated carbocycles. The normalized spacial score (nSPS) is 11.0. The highest BCUT2D eigenvalue weighted by molar-refractivity contribution is 6.07. The van der Waals surface area contributed by atoms with E-state index in [0.717, 1.165) is 33.4 Å². The summed E-state index contributed by atoms with van der Waals surface area (Å²) in [5.74, 6) is 0.396. The van der Waals surface area contributed by atoms with Gasteiger partial charge in [-0.25, -0.2) is 0 Å². The molecule has 140 valence electrons. The summed E-state index contributed by atoms with van der Waals surface area (Å²) in [6, 6.07) is 13.3. The van der Waals surface area contributed by atoms with E-state index in [0.29, 0.717) is 17.0 Å². The third kappa shape index (κ3) is 3.49. The molecule has 4 aromatic rings. The second-order valence-corrected chi connectivity index (χ2v) is 6.87. The molecule has 1 aromatic carbocycles. The van der Waals surface area contributed by atoms with E-state index in [2.05, 4.69) is 26.5 Å². The van der Waals surface area contributed by atoms with Gasteiger partial charge in [0.2, 0.25) is 0 Å². The number of aromatic nitrogens is 3. The van der Waals surface area contributed by atoms with Crippen LogP contribution in [0.3, 0.4) is 0 Å². The average molecular weight is 372 g/mol. The number of nitrogens with one attached hydrogen (secondary N) is 1. The number of hydrogen-bond donors (Lipinski definition) is 1. The van der Waals surface area contributed by atoms with Crippen molar-refractivity contribution in [1.82, 2.24) is 20.4 Å². The van der Waals surface area contributed by atoms with Gasteiger partial charge in [-0.15, -0.1) is 0 Å². The van der Waals surface area contributed by atoms with Gasteiger partial charge in [0.15, 0.2) is 5.76 Å². The summed E-state index contributed by atoms with van der Waals surface area (Å²) in [6.07, 6.45) is 1.70. The summed E-state index contributed by atoms with van der Waals surface area (Å²) in [5, 5.41) is 7.80. The average Bonchev–Trinajstić information content (AvgIpc) is 3.16. The van der Waals surface area contributed by atoms with Crippen LogP contribution < -0.4 is 5.32 Å². The Kier molecular flexibility index (Phi) is 4.61. The van der Waals surface area contributed by atoms with Crippen molar-refractivity contribution < 1.29 is 9.32 Å². The van der Waals surface area contributed by atoms with Crippen LogP contribution in [0.25, 0.3) is 22.3 Å². The molecule has 1 N–H and O–H groups in total. The van der Waals surface area contributed by atoms with E-state index in [1.165, 1.54) is 0 Å². The Labute approximate surface area is 162 Å². The summed E-state index contributed by atoms with van der Waals surface area (Å²) in [5.41, 5.74) is 5.79. The van der Waals surface area contributed by atoms with Gasteiger partial charge in [-0.2, -0.15) is 0 Å². The van der Waals surface area contributed by atoms with E-state index in [9.17, 15) is 4.79 Å². The SMILES string of the molecule is Cc1cc(C)c2nc(C)cc(C(=O)NCc3cc(-c4ccccn4)no3)c2c1. The minimum atomic E-state index is -0.170. The summed E-state index contributed by atoms with van der Waals surface area (Å²) in [7, 11) is 0. The van der Waals surface area contributed by atoms with E-state index in [-0.39, 0.29) is 12.5 Å². The van der Waals surface area contributed by atoms with E-state index in [1.807, 2.05) is 51.1 Å². The van der Waals surface area contributed by atoms with Gasteiger partial charge in [-0.1, -0.05) is 22.9 Å². The number of carbonyl (C=O) groups excluding carboxylic acids is 1. The van der Waals surface area contributed by atoms with Crippen molar-refractivity contribution in [2.75, 3.05) is 0 Å². The maximum atomic E-state index is 12.9. The third-order valence-corrected chi connectivity index (χ3v) is 4.53. The van der Waals surface area contributed by atoms with Gasteiger partial charge in [-0.3, -0.25) is 14.8 Å². The van der Waals surface area contributed by atoms with Crippen LogP contribution in [-0.4, -0.2) is 21.0 Å². The molecule has 0 unspecified atom stereocenters. The molecule has 0 radical (unpaired) electrons. The first kappa shape index (κ1) is 17.9. The van der Waals surface area contributed by atoms with Crippen LogP contribution in [0.15, 0.2) is 53.2 Å². The Morgan fingerprint density at radius 1 is 1.07 bits per heavy atom. The second kappa shape index (κ2) is 7.23. The molecule has 4 rings (SSSR count). The summed E-state index contributed by atoms with van der Waals surface area (Å²) in [6.45, 7) is 6.16. The van der Waals surface area contributed by atoms with Gasteiger partial charge in [0.1, 0.15) is 5.69 Å². The molecule has 6 nitrogen and oxygen atoms in total. The van der Waals surface area contributed by atoms with Gasteiger partial charge in [0, 0.05) is 23.3 Å². The van der Waals surface area contributed by atoms with Gasteiger partial charge in [0.05, 0.1) is 23.3 Å². The van der Waals surface area contributed by atoms with E-state index >= 15 is 0 Å². The lowest BCUT2D eigenvalue weighted by Gasteiger charge is -2.11. The monoisotopic (exact) mass is 372 g/mol. The predicted molar refractivity (Wildman–Crippen MR) is 107 cm³/mol. The van der Waals surface area contributed by atoms with Gasteiger partial charge in [-0.05, 0) is 50.6 Å². The largest absolute Gasteiger partial charge is 0.359 e. The molecule has 28 heavy (non-hydrogen) atoms. The van der Waals surface area contributed by atoms with Crippen molar-refractivity contribution in [3.63, 3.8) is 0 Å². The molecule has 3 heterocycles. The fourth-order valence-electron chi connectivity index (χ4n) is 3.29. The topological polar surface area (TPSA) is 80.9 Å². The van der Waals surface area contributed by atoms with Crippen LogP contribution in [0.4, 0.5) is 0 Å². The van der Waals surface area contributed by atoms with Crippen molar-refractivity contribution in [1.29, 1.82) is 0 Å². The maximum Gasteiger partial charge on any atom is 0.252 e. The van der Waals surface area contributed by atoms with Crippen molar-refractivity contribution in [3.8, 4) is 11.4 Å². The second-order valence-electron chi connectivity index (χ2n) is 6.87. The molecule has 0 aliphatic carbocycles. The molecule has 6 heteroatoms. The predicted octanol–water partition coefficient (Wildman–Crippen LogP) is 4.14. The van der Waals surface area contributed by atoms with E-state index in [1.54, 1.807) is 12.3 Å². The first-order chi connectivity index (χ1) is 13.5. The molecule has 0 aliphatic heterocycles. The number of amides is 1. The summed E-state index contributed by atoms with van der Waals surface area (Å²) >= 11 is 0. The third-order valence-electron chi connectivity index (χ3n) is 4.53. The number of carbonyl (C=O) groups is 1. The van der Waals surface area contributed by atoms with Crippen molar-refractivity contribution in [2.24, 2.45) is 0 Å². The Balaban J connectivity index is 1.57. The number of fused-ring (bicyclic) bond motifs is 1. The standard InChI is InChI=1S/C22H20N4O2/c1-13-8-14(2)21-17(9-13)18(10-15(3)25-21)22(27)24-12-16-11-20(26-28-16)19-6-4-5-7-23-19/h4-11H,12H2,1-3H3,(H,24,27). The lowest BCUT2D eigenvalue weighted by Crippen LogP contribution is -2.23. The molecule has 0 atom stereocenters. The fraction of sp³-hybridized carbons (Fsp3) is 0.182. The van der Waals surface area contributed by atoms with Crippen molar-refractivity contribution in [3.05, 3.63) is 76.8 Å². The Morgan fingerprint density at radius 2 is 1.93 bits per heavy atom. The highest BCUT2D eigenvalue weighted by Crippen LogP contribution is 2.23. The molecule has 1 amide bonds. The lowest BCUT2D eigenvalue weighted by atomic mass is 10.0. The zero-order chi connectivity index (χ0) is 19.7. The highest BCUT2D eigenvalue weighted by Gasteiger charge is 2.15. The molecule has 0 aliphatic rings. The Morgan fingerprint density at radius 3 is 2.71 bits per heavy atom. The number of benzene rings is 1. The first-order valence-electron chi connectivity index (χ1n) is 9.05. The lowest BCUT2D eigenvalue weighted by molar-refractivity contribution is 0.0948. The smallest absolute Gasteiger partial charge is 0.252 e. The Bertz CT molecular complexity index is 1170. The zero-order valence-electron chi connectivity index (χ0n) is 16.0. The minimum Gasteiger partial charge on any atom is -0.359 e. The zero-order valence-corrected chi connectivity index (χ0v) is 16.0. The van der Waals surface area contributed by atoms with Crippen LogP contribution >= 0.6 is 0 Å². The number of aryl methyl sites for hydroxylation is 3. The van der Waals surface area contributed by atoms with Crippen LogP contribution in [-0.2, 0) is 6.54 Å². The van der Waals surface area contributed by atoms with E-state index in [4.69, 9.17) is 4.52 Å². The molecular formula is C22H20N4O2. The molecule has 0 spiro atoms. The van der Waals surface area contributed by atoms with Gasteiger partial charge < -0.3 is 9.84 Å². The van der Waals surface area contributed by atoms with Gasteiger partial charge in [0.25, 0.3) is 5.91 Å². The van der Waals surface area contributed by atoms with Crippen molar-refractivity contribution >= 4 is 16.8 Å². The number of hydrogen-bond acceptors (Lipinski definition) is 5. The Hall–Kier alpha value is -3.54. The maximum absolute atomic E-state index is 12.9. The molecule has 0 fully saturated rings. The summed E-state index contributed by atoms with van der Waals surface area (Å²) in [4.78, 5) is 21.7. The van der Waals surface area contributed by atoms with E-state index < -0.39 is 0 Å². The number of pyridine rings is 2. The van der Waals surface area contributed by atoms with Crippen LogP contribution in [0, 0.1) is 20.8 Å². The minimum absolute atomic E-state index is 0.170. The molecule has 0 bridgehead atoms. The first-order valence-corrected chi connectivity index (χ1v) is 9.05. The molecule has 0 saturated heterocycles.